The smallest absolute Gasteiger partial charge is 0.164 e. The number of benzene rings is 1. The Labute approximate surface area is 124 Å². The molecule has 0 atom stereocenters. The van der Waals surface area contributed by atoms with Crippen molar-refractivity contribution >= 4 is 29.0 Å². The Balaban J connectivity index is 1.87. The van der Waals surface area contributed by atoms with Gasteiger partial charge in [-0.05, 0) is 44.1 Å². The van der Waals surface area contributed by atoms with Gasteiger partial charge in [-0.2, -0.15) is 0 Å². The molecule has 1 aliphatic rings. The third-order valence-corrected chi connectivity index (χ3v) is 4.33. The Kier molecular flexibility index (Phi) is 5.68. The lowest BCUT2D eigenvalue weighted by atomic mass is 10.1. The Morgan fingerprint density at radius 2 is 1.74 bits per heavy atom. The lowest BCUT2D eigenvalue weighted by molar-refractivity contribution is 0.0965. The highest BCUT2D eigenvalue weighted by Crippen LogP contribution is 2.23. The number of likely N-dealkylation sites (tertiary alicyclic amines) is 1. The normalized spacial score (nSPS) is 17.2. The van der Waals surface area contributed by atoms with Crippen molar-refractivity contribution in [1.82, 2.24) is 4.90 Å². The average molecular weight is 300 g/mol. The van der Waals surface area contributed by atoms with Crippen LogP contribution in [0.1, 0.15) is 42.5 Å². The zero-order valence-corrected chi connectivity index (χ0v) is 12.5. The summed E-state index contributed by atoms with van der Waals surface area (Å²) in [5.41, 5.74) is 0.657. The summed E-state index contributed by atoms with van der Waals surface area (Å²) >= 11 is 11.8. The number of hydrogen-bond donors (Lipinski definition) is 0. The quantitative estimate of drug-likeness (QED) is 0.766. The van der Waals surface area contributed by atoms with Gasteiger partial charge in [0.05, 0.1) is 10.0 Å². The molecule has 0 aromatic heterocycles. The van der Waals surface area contributed by atoms with Crippen molar-refractivity contribution in [2.24, 2.45) is 0 Å². The van der Waals surface area contributed by atoms with E-state index >= 15 is 0 Å². The number of halogens is 2. The first-order chi connectivity index (χ1) is 9.16. The van der Waals surface area contributed by atoms with E-state index in [-0.39, 0.29) is 5.78 Å². The molecule has 0 N–H and O–H groups in total. The van der Waals surface area contributed by atoms with Gasteiger partial charge in [0.25, 0.3) is 0 Å². The molecule has 1 aliphatic heterocycles. The largest absolute Gasteiger partial charge is 0.303 e. The second kappa shape index (κ2) is 7.28. The van der Waals surface area contributed by atoms with Crippen LogP contribution in [0.15, 0.2) is 18.2 Å². The lowest BCUT2D eigenvalue weighted by Crippen LogP contribution is -2.27. The number of carbonyl (C=O) groups is 1. The number of rotatable bonds is 4. The Morgan fingerprint density at radius 3 is 2.37 bits per heavy atom. The molecule has 4 heteroatoms. The van der Waals surface area contributed by atoms with Gasteiger partial charge >= 0.3 is 0 Å². The molecule has 1 aromatic rings. The second-order valence-corrected chi connectivity index (χ2v) is 5.87. The molecule has 1 heterocycles. The zero-order chi connectivity index (χ0) is 13.7. The van der Waals surface area contributed by atoms with E-state index in [1.807, 2.05) is 0 Å². The predicted molar refractivity (Wildman–Crippen MR) is 80.3 cm³/mol. The van der Waals surface area contributed by atoms with Crippen LogP contribution in [0.25, 0.3) is 0 Å². The summed E-state index contributed by atoms with van der Waals surface area (Å²) in [6.45, 7) is 3.09. The third-order valence-electron chi connectivity index (χ3n) is 3.60. The predicted octanol–water partition coefficient (Wildman–Crippen LogP) is 4.44. The van der Waals surface area contributed by atoms with Crippen LogP contribution in [0.2, 0.25) is 10.0 Å². The Hall–Kier alpha value is -0.570. The van der Waals surface area contributed by atoms with Gasteiger partial charge in [0.15, 0.2) is 5.78 Å². The average Bonchev–Trinajstić information content (AvgIpc) is 2.67. The van der Waals surface area contributed by atoms with Gasteiger partial charge < -0.3 is 4.90 Å². The van der Waals surface area contributed by atoms with Crippen LogP contribution >= 0.6 is 23.2 Å². The second-order valence-electron chi connectivity index (χ2n) is 5.06. The van der Waals surface area contributed by atoms with Gasteiger partial charge in [0, 0.05) is 18.5 Å². The van der Waals surface area contributed by atoms with Gasteiger partial charge in [-0.3, -0.25) is 4.79 Å². The van der Waals surface area contributed by atoms with E-state index < -0.39 is 0 Å². The summed E-state index contributed by atoms with van der Waals surface area (Å²) in [5, 5.41) is 0.938. The first-order valence-corrected chi connectivity index (χ1v) is 7.63. The number of Topliss-reactive ketones (excluding diaryl/α,β-unsaturated/α-hetero) is 1. The molecule has 104 valence electrons. The third kappa shape index (κ3) is 4.48. The first kappa shape index (κ1) is 14.8. The van der Waals surface area contributed by atoms with Gasteiger partial charge in [-0.1, -0.05) is 36.0 Å². The minimum atomic E-state index is 0.141. The van der Waals surface area contributed by atoms with Crippen molar-refractivity contribution in [3.05, 3.63) is 33.8 Å². The first-order valence-electron chi connectivity index (χ1n) is 6.87. The maximum Gasteiger partial charge on any atom is 0.164 e. The number of hydrogen-bond acceptors (Lipinski definition) is 2. The Morgan fingerprint density at radius 1 is 1.05 bits per heavy atom. The van der Waals surface area contributed by atoms with Gasteiger partial charge in [-0.25, -0.2) is 0 Å². The minimum Gasteiger partial charge on any atom is -0.303 e. The van der Waals surface area contributed by atoms with Crippen LogP contribution in [0, 0.1) is 0 Å². The van der Waals surface area contributed by atoms with Gasteiger partial charge in [-0.15, -0.1) is 0 Å². The molecule has 0 unspecified atom stereocenters. The summed E-state index contributed by atoms with van der Waals surface area (Å²) in [4.78, 5) is 14.5. The van der Waals surface area contributed by atoms with Crippen LogP contribution in [0.5, 0.6) is 0 Å². The molecule has 0 spiro atoms. The highest BCUT2D eigenvalue weighted by Gasteiger charge is 2.12. The summed E-state index contributed by atoms with van der Waals surface area (Å²) in [6, 6.07) is 5.09. The standard InChI is InChI=1S/C15H19Cl2NO/c16-13-6-5-12(11-14(13)17)15(19)7-10-18-8-3-1-2-4-9-18/h5-6,11H,1-4,7-10H2. The summed E-state index contributed by atoms with van der Waals surface area (Å²) in [6.07, 6.45) is 5.69. The summed E-state index contributed by atoms with van der Waals surface area (Å²) in [5.74, 6) is 0.141. The van der Waals surface area contributed by atoms with Crippen LogP contribution in [0.4, 0.5) is 0 Å². The van der Waals surface area contributed by atoms with E-state index in [4.69, 9.17) is 23.2 Å². The van der Waals surface area contributed by atoms with Crippen LogP contribution in [0.3, 0.4) is 0 Å². The van der Waals surface area contributed by atoms with E-state index in [1.54, 1.807) is 18.2 Å². The topological polar surface area (TPSA) is 20.3 Å². The molecule has 0 aliphatic carbocycles. The lowest BCUT2D eigenvalue weighted by Gasteiger charge is -2.19. The molecule has 0 bridgehead atoms. The molecular formula is C15H19Cl2NO. The van der Waals surface area contributed by atoms with Gasteiger partial charge in [0.1, 0.15) is 0 Å². The molecule has 0 radical (unpaired) electrons. The Bertz CT molecular complexity index is 440. The molecule has 1 aromatic carbocycles. The maximum atomic E-state index is 12.1. The monoisotopic (exact) mass is 299 g/mol. The van der Waals surface area contributed by atoms with Crippen molar-refractivity contribution in [3.8, 4) is 0 Å². The molecule has 19 heavy (non-hydrogen) atoms. The summed E-state index contributed by atoms with van der Waals surface area (Å²) < 4.78 is 0. The van der Waals surface area contributed by atoms with Crippen molar-refractivity contribution < 1.29 is 4.79 Å². The highest BCUT2D eigenvalue weighted by molar-refractivity contribution is 6.42. The fraction of sp³-hybridized carbons (Fsp3) is 0.533. The van der Waals surface area contributed by atoms with Crippen LogP contribution < -0.4 is 0 Å². The molecular weight excluding hydrogens is 281 g/mol. The number of carbonyl (C=O) groups excluding carboxylic acids is 1. The van der Waals surface area contributed by atoms with Crippen LogP contribution in [-0.2, 0) is 0 Å². The van der Waals surface area contributed by atoms with Crippen molar-refractivity contribution in [3.63, 3.8) is 0 Å². The van der Waals surface area contributed by atoms with Crippen molar-refractivity contribution in [2.45, 2.75) is 32.1 Å². The molecule has 0 saturated carbocycles. The molecule has 1 saturated heterocycles. The molecule has 1 fully saturated rings. The van der Waals surface area contributed by atoms with E-state index in [9.17, 15) is 4.79 Å². The SMILES string of the molecule is O=C(CCN1CCCCCC1)c1ccc(Cl)c(Cl)c1. The van der Waals surface area contributed by atoms with E-state index in [2.05, 4.69) is 4.90 Å². The van der Waals surface area contributed by atoms with E-state index in [0.29, 0.717) is 22.0 Å². The van der Waals surface area contributed by atoms with Crippen molar-refractivity contribution in [2.75, 3.05) is 19.6 Å². The minimum absolute atomic E-state index is 0.141. The van der Waals surface area contributed by atoms with Crippen molar-refractivity contribution in [1.29, 1.82) is 0 Å². The molecule has 0 amide bonds. The van der Waals surface area contributed by atoms with E-state index in [0.717, 1.165) is 19.6 Å². The van der Waals surface area contributed by atoms with Gasteiger partial charge in [0.2, 0.25) is 0 Å². The fourth-order valence-electron chi connectivity index (χ4n) is 2.43. The van der Waals surface area contributed by atoms with Crippen LogP contribution in [-0.4, -0.2) is 30.3 Å². The maximum absolute atomic E-state index is 12.1. The molecule has 2 nitrogen and oxygen atoms in total. The molecule has 2 rings (SSSR count). The fourth-order valence-corrected chi connectivity index (χ4v) is 2.73. The number of nitrogens with zero attached hydrogens (tertiary/aromatic N) is 1. The zero-order valence-electron chi connectivity index (χ0n) is 11.0. The van der Waals surface area contributed by atoms with E-state index in [1.165, 1.54) is 25.7 Å². The highest BCUT2D eigenvalue weighted by atomic mass is 35.5. The summed E-state index contributed by atoms with van der Waals surface area (Å²) in [7, 11) is 0. The number of ketones is 1.